The maximum atomic E-state index is 12.0. The molecular formula is C25H30N2O6. The molecular weight excluding hydrogens is 424 g/mol. The highest BCUT2D eigenvalue weighted by Gasteiger charge is 2.34. The highest BCUT2D eigenvalue weighted by Crippen LogP contribution is 2.25. The van der Waals surface area contributed by atoms with Crippen molar-refractivity contribution in [2.75, 3.05) is 27.4 Å². The molecule has 0 amide bonds. The number of hydrogen-bond acceptors (Lipinski definition) is 8. The van der Waals surface area contributed by atoms with E-state index in [9.17, 15) is 4.79 Å². The Morgan fingerprint density at radius 2 is 1.85 bits per heavy atom. The maximum absolute atomic E-state index is 12.0. The molecule has 1 aromatic carbocycles. The zero-order chi connectivity index (χ0) is 23.8. The molecule has 8 heteroatoms. The highest BCUT2D eigenvalue weighted by atomic mass is 16.6. The number of rotatable bonds is 11. The number of benzene rings is 1. The third kappa shape index (κ3) is 6.10. The van der Waals surface area contributed by atoms with Gasteiger partial charge in [-0.15, -0.1) is 0 Å². The van der Waals surface area contributed by atoms with Crippen molar-refractivity contribution in [2.24, 2.45) is 0 Å². The molecule has 0 aliphatic heterocycles. The van der Waals surface area contributed by atoms with Crippen LogP contribution < -0.4 is 9.47 Å². The monoisotopic (exact) mass is 454 g/mol. The van der Waals surface area contributed by atoms with Crippen LogP contribution in [0.1, 0.15) is 30.9 Å². The molecule has 33 heavy (non-hydrogen) atoms. The number of hydrogen-bond donors (Lipinski definition) is 0. The molecule has 1 atom stereocenters. The Labute approximate surface area is 193 Å². The fourth-order valence-corrected chi connectivity index (χ4v) is 3.33. The van der Waals surface area contributed by atoms with Gasteiger partial charge >= 0.3 is 5.97 Å². The van der Waals surface area contributed by atoms with E-state index >= 15 is 0 Å². The van der Waals surface area contributed by atoms with Crippen molar-refractivity contribution in [2.45, 2.75) is 39.2 Å². The molecule has 1 unspecified atom stereocenters. The molecule has 0 fully saturated rings. The third-order valence-electron chi connectivity index (χ3n) is 5.30. The van der Waals surface area contributed by atoms with E-state index in [2.05, 4.69) is 9.97 Å². The first kappa shape index (κ1) is 24.3. The molecule has 0 N–H and O–H groups in total. The van der Waals surface area contributed by atoms with Crippen molar-refractivity contribution in [3.63, 3.8) is 0 Å². The van der Waals surface area contributed by atoms with Gasteiger partial charge in [0.2, 0.25) is 11.8 Å². The molecule has 0 radical (unpaired) electrons. The van der Waals surface area contributed by atoms with Gasteiger partial charge in [0.25, 0.3) is 0 Å². The Kier molecular flexibility index (Phi) is 8.06. The minimum atomic E-state index is -1.07. The van der Waals surface area contributed by atoms with Crippen LogP contribution in [0.15, 0.2) is 47.0 Å². The Morgan fingerprint density at radius 3 is 2.45 bits per heavy atom. The van der Waals surface area contributed by atoms with Gasteiger partial charge in [-0.05, 0) is 50.6 Å². The van der Waals surface area contributed by atoms with Gasteiger partial charge in [0, 0.05) is 37.8 Å². The largest absolute Gasteiger partial charge is 0.494 e. The highest BCUT2D eigenvalue weighted by molar-refractivity contribution is 5.79. The van der Waals surface area contributed by atoms with E-state index in [0.717, 1.165) is 28.3 Å². The molecule has 0 spiro atoms. The fourth-order valence-electron chi connectivity index (χ4n) is 3.33. The first-order valence-electron chi connectivity index (χ1n) is 10.8. The Hall–Kier alpha value is -3.39. The summed E-state index contributed by atoms with van der Waals surface area (Å²) in [6.45, 7) is 6.55. The molecule has 0 aliphatic carbocycles. The normalized spacial score (nSPS) is 12.8. The van der Waals surface area contributed by atoms with Crippen LogP contribution in [0.5, 0.6) is 11.6 Å². The van der Waals surface area contributed by atoms with Crippen molar-refractivity contribution in [1.29, 1.82) is 0 Å². The summed E-state index contributed by atoms with van der Waals surface area (Å²) in [6, 6.07) is 11.3. The van der Waals surface area contributed by atoms with Crippen molar-refractivity contribution < 1.29 is 28.2 Å². The summed E-state index contributed by atoms with van der Waals surface area (Å²) >= 11 is 0. The summed E-state index contributed by atoms with van der Waals surface area (Å²) in [4.78, 5) is 20.9. The quantitative estimate of drug-likeness (QED) is 0.398. The summed E-state index contributed by atoms with van der Waals surface area (Å²) in [5, 5.41) is 0. The minimum Gasteiger partial charge on any atom is -0.494 e. The lowest BCUT2D eigenvalue weighted by Gasteiger charge is -2.24. The van der Waals surface area contributed by atoms with Gasteiger partial charge in [0.1, 0.15) is 11.5 Å². The van der Waals surface area contributed by atoms with Crippen molar-refractivity contribution in [3.05, 3.63) is 59.6 Å². The van der Waals surface area contributed by atoms with Gasteiger partial charge in [-0.1, -0.05) is 6.07 Å². The molecule has 0 bridgehead atoms. The summed E-state index contributed by atoms with van der Waals surface area (Å²) in [5.74, 6) is 2.20. The molecule has 3 rings (SSSR count). The lowest BCUT2D eigenvalue weighted by Crippen LogP contribution is -2.40. The number of esters is 1. The van der Waals surface area contributed by atoms with Gasteiger partial charge in [0.15, 0.2) is 5.60 Å². The second-order valence-corrected chi connectivity index (χ2v) is 7.69. The van der Waals surface area contributed by atoms with E-state index in [-0.39, 0.29) is 0 Å². The van der Waals surface area contributed by atoms with Gasteiger partial charge in [-0.25, -0.2) is 14.8 Å². The van der Waals surface area contributed by atoms with E-state index in [1.165, 1.54) is 14.2 Å². The zero-order valence-corrected chi connectivity index (χ0v) is 19.7. The van der Waals surface area contributed by atoms with E-state index in [0.29, 0.717) is 37.8 Å². The first-order chi connectivity index (χ1) is 15.9. The van der Waals surface area contributed by atoms with Gasteiger partial charge in [0.05, 0.1) is 26.0 Å². The number of nitrogens with zero attached hydrogens (tertiary/aromatic N) is 2. The van der Waals surface area contributed by atoms with Gasteiger partial charge in [-0.2, -0.15) is 0 Å². The minimum absolute atomic E-state index is 0.343. The molecule has 3 aromatic rings. The summed E-state index contributed by atoms with van der Waals surface area (Å²) in [6.07, 6.45) is 2.59. The second-order valence-electron chi connectivity index (χ2n) is 7.69. The molecule has 2 heterocycles. The Bertz CT molecular complexity index is 1050. The average molecular weight is 455 g/mol. The van der Waals surface area contributed by atoms with Crippen LogP contribution in [-0.4, -0.2) is 49.0 Å². The number of oxazole rings is 1. The van der Waals surface area contributed by atoms with Crippen LogP contribution in [0.4, 0.5) is 0 Å². The van der Waals surface area contributed by atoms with E-state index in [4.69, 9.17) is 23.4 Å². The number of methoxy groups -OCH3 is 2. The maximum Gasteiger partial charge on any atom is 0.338 e. The smallest absolute Gasteiger partial charge is 0.338 e. The van der Waals surface area contributed by atoms with Crippen molar-refractivity contribution >= 4 is 5.97 Å². The topological polar surface area (TPSA) is 92.9 Å². The van der Waals surface area contributed by atoms with Crippen molar-refractivity contribution in [1.82, 2.24) is 9.97 Å². The van der Waals surface area contributed by atoms with E-state index in [1.54, 1.807) is 19.2 Å². The van der Waals surface area contributed by atoms with Crippen LogP contribution in [0.2, 0.25) is 0 Å². The number of aromatic nitrogens is 2. The second kappa shape index (κ2) is 11.0. The number of ether oxygens (including phenoxy) is 4. The number of carbonyl (C=O) groups excluding carboxylic acids is 1. The molecule has 0 aliphatic rings. The molecule has 176 valence electrons. The van der Waals surface area contributed by atoms with Crippen LogP contribution in [0.25, 0.3) is 11.5 Å². The van der Waals surface area contributed by atoms with Crippen LogP contribution >= 0.6 is 0 Å². The lowest BCUT2D eigenvalue weighted by atomic mass is 9.97. The first-order valence-corrected chi connectivity index (χ1v) is 10.8. The SMILES string of the molecule is CCOc1ccc(-c2nc(CCOc3ccc(CC(C)(OC)C(=O)OC)cn3)c(C)o2)cc1. The molecule has 2 aromatic heterocycles. The number of pyridine rings is 1. The van der Waals surface area contributed by atoms with Gasteiger partial charge < -0.3 is 23.4 Å². The average Bonchev–Trinajstić information content (AvgIpc) is 3.20. The Balaban J connectivity index is 1.56. The number of carbonyl (C=O) groups is 1. The molecule has 0 saturated heterocycles. The van der Waals surface area contributed by atoms with Gasteiger partial charge in [-0.3, -0.25) is 0 Å². The molecule has 0 saturated carbocycles. The summed E-state index contributed by atoms with van der Waals surface area (Å²) in [5.41, 5.74) is 1.50. The third-order valence-corrected chi connectivity index (χ3v) is 5.30. The zero-order valence-electron chi connectivity index (χ0n) is 19.7. The van der Waals surface area contributed by atoms with E-state index < -0.39 is 11.6 Å². The predicted octanol–water partition coefficient (Wildman–Crippen LogP) is 4.19. The van der Waals surface area contributed by atoms with Crippen LogP contribution in [0, 0.1) is 6.92 Å². The van der Waals surface area contributed by atoms with Crippen LogP contribution in [0.3, 0.4) is 0 Å². The standard InChI is InChI=1S/C25H30N2O6/c1-6-31-20-10-8-19(9-11-20)23-27-21(17(2)33-23)13-14-32-22-12-7-18(16-26-22)15-25(3,30-5)24(28)29-4/h7-12,16H,6,13-15H2,1-5H3. The fraction of sp³-hybridized carbons (Fsp3) is 0.400. The molecule has 8 nitrogen and oxygen atoms in total. The Morgan fingerprint density at radius 1 is 1.09 bits per heavy atom. The van der Waals surface area contributed by atoms with E-state index in [1.807, 2.05) is 44.2 Å². The summed E-state index contributed by atoms with van der Waals surface area (Å²) in [7, 11) is 2.82. The lowest BCUT2D eigenvalue weighted by molar-refractivity contribution is -0.163. The summed E-state index contributed by atoms with van der Waals surface area (Å²) < 4.78 is 27.2. The van der Waals surface area contributed by atoms with Crippen LogP contribution in [-0.2, 0) is 27.1 Å². The predicted molar refractivity (Wildman–Crippen MR) is 122 cm³/mol. The van der Waals surface area contributed by atoms with Crippen molar-refractivity contribution in [3.8, 4) is 23.1 Å². The number of aryl methyl sites for hydroxylation is 1.